The van der Waals surface area contributed by atoms with Crippen molar-refractivity contribution < 1.29 is 19.1 Å². The van der Waals surface area contributed by atoms with E-state index in [1.807, 2.05) is 30.3 Å². The first-order valence-electron chi connectivity index (χ1n) is 5.96. The van der Waals surface area contributed by atoms with Crippen molar-refractivity contribution in [2.45, 2.75) is 25.9 Å². The van der Waals surface area contributed by atoms with E-state index in [0.29, 0.717) is 5.01 Å². The smallest absolute Gasteiger partial charge is 0.427 e. The van der Waals surface area contributed by atoms with E-state index in [2.05, 4.69) is 5.43 Å². The molecule has 1 fully saturated rings. The second-order valence-corrected chi connectivity index (χ2v) is 4.19. The Morgan fingerprint density at radius 1 is 1.21 bits per heavy atom. The molecule has 1 saturated heterocycles. The van der Waals surface area contributed by atoms with Gasteiger partial charge in [-0.15, -0.1) is 0 Å². The average Bonchev–Trinajstić information content (AvgIpc) is 2.71. The zero-order valence-corrected chi connectivity index (χ0v) is 10.5. The molecule has 19 heavy (non-hydrogen) atoms. The van der Waals surface area contributed by atoms with Gasteiger partial charge in [0.15, 0.2) is 0 Å². The minimum atomic E-state index is -0.819. The Balaban J connectivity index is 1.91. The number of nitrogens with one attached hydrogen (secondary N) is 1. The fraction of sp³-hybridized carbons (Fsp3) is 0.308. The van der Waals surface area contributed by atoms with Gasteiger partial charge in [0.25, 0.3) is 0 Å². The molecule has 0 spiro atoms. The van der Waals surface area contributed by atoms with E-state index in [4.69, 9.17) is 4.74 Å². The number of nitrogens with zero attached hydrogens (tertiary/aromatic N) is 1. The molecule has 0 bridgehead atoms. The first-order valence-corrected chi connectivity index (χ1v) is 5.96. The van der Waals surface area contributed by atoms with Crippen LogP contribution in [0, 0.1) is 0 Å². The van der Waals surface area contributed by atoms with Gasteiger partial charge in [0.05, 0.1) is 0 Å². The van der Waals surface area contributed by atoms with Crippen LogP contribution in [0.15, 0.2) is 30.3 Å². The third-order valence-electron chi connectivity index (χ3n) is 2.81. The van der Waals surface area contributed by atoms with Crippen LogP contribution in [-0.2, 0) is 14.3 Å². The van der Waals surface area contributed by atoms with Crippen LogP contribution in [0.4, 0.5) is 4.79 Å². The van der Waals surface area contributed by atoms with Gasteiger partial charge in [0, 0.05) is 12.8 Å². The zero-order chi connectivity index (χ0) is 13.8. The molecule has 1 atom stereocenters. The number of imide groups is 1. The quantitative estimate of drug-likeness (QED) is 0.838. The summed E-state index contributed by atoms with van der Waals surface area (Å²) in [6.45, 7) is 1.71. The van der Waals surface area contributed by atoms with Crippen molar-refractivity contribution in [1.82, 2.24) is 10.4 Å². The molecule has 0 aromatic heterocycles. The van der Waals surface area contributed by atoms with Crippen LogP contribution in [0.2, 0.25) is 0 Å². The maximum Gasteiger partial charge on any atom is 0.427 e. The van der Waals surface area contributed by atoms with Gasteiger partial charge in [-0.05, 0) is 12.5 Å². The molecule has 6 heteroatoms. The number of rotatable bonds is 3. The van der Waals surface area contributed by atoms with Gasteiger partial charge < -0.3 is 4.74 Å². The van der Waals surface area contributed by atoms with Gasteiger partial charge in [-0.3, -0.25) is 9.59 Å². The Labute approximate surface area is 110 Å². The van der Waals surface area contributed by atoms with E-state index < -0.39 is 24.0 Å². The van der Waals surface area contributed by atoms with E-state index in [1.54, 1.807) is 6.92 Å². The lowest BCUT2D eigenvalue weighted by Crippen LogP contribution is -2.45. The summed E-state index contributed by atoms with van der Waals surface area (Å²) in [4.78, 5) is 34.2. The van der Waals surface area contributed by atoms with Crippen molar-refractivity contribution in [3.63, 3.8) is 0 Å². The number of carbonyl (C=O) groups is 3. The summed E-state index contributed by atoms with van der Waals surface area (Å²) in [5.74, 6) is -0.844. The van der Waals surface area contributed by atoms with Crippen molar-refractivity contribution in [3.05, 3.63) is 35.9 Å². The molecule has 3 amide bonds. The largest absolute Gasteiger partial charge is 0.440 e. The highest BCUT2D eigenvalue weighted by Crippen LogP contribution is 2.16. The van der Waals surface area contributed by atoms with Gasteiger partial charge in [-0.25, -0.2) is 10.2 Å². The third-order valence-corrected chi connectivity index (χ3v) is 2.81. The molecule has 1 heterocycles. The fourth-order valence-electron chi connectivity index (χ4n) is 1.77. The maximum absolute atomic E-state index is 11.6. The number of hydrogen-bond acceptors (Lipinski definition) is 4. The van der Waals surface area contributed by atoms with Crippen LogP contribution in [0.3, 0.4) is 0 Å². The summed E-state index contributed by atoms with van der Waals surface area (Å²) in [7, 11) is 0. The number of carbonyl (C=O) groups excluding carboxylic acids is 3. The van der Waals surface area contributed by atoms with Crippen molar-refractivity contribution in [2.75, 3.05) is 0 Å². The maximum atomic E-state index is 11.6. The Kier molecular flexibility index (Phi) is 3.79. The van der Waals surface area contributed by atoms with Crippen molar-refractivity contribution >= 4 is 17.9 Å². The molecule has 1 aromatic rings. The van der Waals surface area contributed by atoms with Crippen LogP contribution < -0.4 is 5.43 Å². The molecule has 2 rings (SSSR count). The summed E-state index contributed by atoms with van der Waals surface area (Å²) in [6, 6.07) is 9.17. The lowest BCUT2D eigenvalue weighted by Gasteiger charge is -2.18. The number of hydrogen-bond donors (Lipinski definition) is 1. The molecule has 1 N–H and O–H groups in total. The second-order valence-electron chi connectivity index (χ2n) is 4.19. The Morgan fingerprint density at radius 3 is 2.37 bits per heavy atom. The van der Waals surface area contributed by atoms with Crippen LogP contribution in [0.1, 0.15) is 31.4 Å². The molecule has 100 valence electrons. The molecule has 1 aliphatic rings. The molecule has 1 aliphatic heterocycles. The summed E-state index contributed by atoms with van der Waals surface area (Å²) < 4.78 is 5.10. The number of amides is 3. The molecule has 0 aliphatic carbocycles. The SMILES string of the molecule is CC(OC(=O)NN1C(=O)CCC1=O)c1ccccc1. The zero-order valence-electron chi connectivity index (χ0n) is 10.5. The van der Waals surface area contributed by atoms with E-state index in [9.17, 15) is 14.4 Å². The van der Waals surface area contributed by atoms with Crippen LogP contribution >= 0.6 is 0 Å². The second kappa shape index (κ2) is 5.51. The van der Waals surface area contributed by atoms with E-state index in [-0.39, 0.29) is 12.8 Å². The Morgan fingerprint density at radius 2 is 1.79 bits per heavy atom. The lowest BCUT2D eigenvalue weighted by atomic mass is 10.1. The molecular formula is C13H14N2O4. The molecule has 0 radical (unpaired) electrons. The van der Waals surface area contributed by atoms with Gasteiger partial charge in [-0.1, -0.05) is 30.3 Å². The normalized spacial score (nSPS) is 16.4. The Hall–Kier alpha value is -2.37. The molecular weight excluding hydrogens is 248 g/mol. The first-order chi connectivity index (χ1) is 9.08. The third kappa shape index (κ3) is 3.09. The Bertz CT molecular complexity index is 485. The van der Waals surface area contributed by atoms with Crippen LogP contribution in [0.25, 0.3) is 0 Å². The summed E-state index contributed by atoms with van der Waals surface area (Å²) >= 11 is 0. The standard InChI is InChI=1S/C13H14N2O4/c1-9(10-5-3-2-4-6-10)19-13(18)14-15-11(16)7-8-12(15)17/h2-6,9H,7-8H2,1H3,(H,14,18). The summed E-state index contributed by atoms with van der Waals surface area (Å²) in [5, 5.41) is 0.708. The van der Waals surface area contributed by atoms with Gasteiger partial charge in [-0.2, -0.15) is 5.01 Å². The minimum Gasteiger partial charge on any atom is -0.440 e. The van der Waals surface area contributed by atoms with Crippen molar-refractivity contribution in [1.29, 1.82) is 0 Å². The number of ether oxygens (including phenoxy) is 1. The van der Waals surface area contributed by atoms with Crippen LogP contribution in [0.5, 0.6) is 0 Å². The molecule has 1 unspecified atom stereocenters. The van der Waals surface area contributed by atoms with Gasteiger partial charge >= 0.3 is 6.09 Å². The van der Waals surface area contributed by atoms with E-state index in [1.165, 1.54) is 0 Å². The number of hydrazine groups is 1. The minimum absolute atomic E-state index is 0.118. The topological polar surface area (TPSA) is 75.7 Å². The number of benzene rings is 1. The average molecular weight is 262 g/mol. The first kappa shape index (κ1) is 13.1. The lowest BCUT2D eigenvalue weighted by molar-refractivity contribution is -0.141. The monoisotopic (exact) mass is 262 g/mol. The van der Waals surface area contributed by atoms with Crippen molar-refractivity contribution in [2.24, 2.45) is 0 Å². The molecule has 1 aromatic carbocycles. The summed E-state index contributed by atoms with van der Waals surface area (Å²) in [6.07, 6.45) is -1.05. The van der Waals surface area contributed by atoms with E-state index in [0.717, 1.165) is 5.56 Å². The highest BCUT2D eigenvalue weighted by Gasteiger charge is 2.31. The molecule has 6 nitrogen and oxygen atoms in total. The predicted molar refractivity (Wildman–Crippen MR) is 65.6 cm³/mol. The van der Waals surface area contributed by atoms with Crippen LogP contribution in [-0.4, -0.2) is 22.9 Å². The highest BCUT2D eigenvalue weighted by atomic mass is 16.6. The van der Waals surface area contributed by atoms with Crippen molar-refractivity contribution in [3.8, 4) is 0 Å². The van der Waals surface area contributed by atoms with Gasteiger partial charge in [0.1, 0.15) is 6.10 Å². The van der Waals surface area contributed by atoms with Gasteiger partial charge in [0.2, 0.25) is 11.8 Å². The molecule has 0 saturated carbocycles. The fourth-order valence-corrected chi connectivity index (χ4v) is 1.77. The predicted octanol–water partition coefficient (Wildman–Crippen LogP) is 1.54. The van der Waals surface area contributed by atoms with E-state index >= 15 is 0 Å². The highest BCUT2D eigenvalue weighted by molar-refractivity contribution is 6.02. The summed E-state index contributed by atoms with van der Waals surface area (Å²) in [5.41, 5.74) is 2.98.